The SMILES string of the molecule is O=C1[C@@H]2[C@H](C(=O)N1/N=C\c1ccc(-c3cc(C(F)(F)F)ccc3Cl)o1)[C@H]1C=C[C@H]2C12CC2. The summed E-state index contributed by atoms with van der Waals surface area (Å²) in [6, 6.07) is 5.92. The molecule has 1 spiro atoms. The third-order valence-electron chi connectivity index (χ3n) is 7.32. The minimum atomic E-state index is -4.52. The number of furan rings is 1. The average Bonchev–Trinajstić information content (AvgIpc) is 3.03. The second kappa shape index (κ2) is 6.34. The van der Waals surface area contributed by atoms with Gasteiger partial charge in [-0.25, -0.2) is 0 Å². The molecule has 2 saturated carbocycles. The number of amides is 2. The van der Waals surface area contributed by atoms with E-state index in [-0.39, 0.29) is 63.0 Å². The number of carbonyl (C=O) groups excluding carboxylic acids is 2. The lowest BCUT2D eigenvalue weighted by Gasteiger charge is -2.18. The second-order valence-corrected chi connectivity index (χ2v) is 9.26. The maximum absolute atomic E-state index is 13.0. The number of fused-ring (bicyclic) bond motifs is 3. The summed E-state index contributed by atoms with van der Waals surface area (Å²) < 4.78 is 44.7. The first-order valence-corrected chi connectivity index (χ1v) is 10.7. The summed E-state index contributed by atoms with van der Waals surface area (Å²) in [6.07, 6.45) is 2.98. The van der Waals surface area contributed by atoms with Gasteiger partial charge in [0, 0.05) is 5.56 Å². The second-order valence-electron chi connectivity index (χ2n) is 8.85. The summed E-state index contributed by atoms with van der Waals surface area (Å²) in [5.74, 6) is -0.789. The van der Waals surface area contributed by atoms with Crippen molar-refractivity contribution in [1.82, 2.24) is 5.01 Å². The van der Waals surface area contributed by atoms with Gasteiger partial charge in [0.2, 0.25) is 0 Å². The molecule has 0 radical (unpaired) electrons. The number of nitrogens with zero attached hydrogens (tertiary/aromatic N) is 2. The third-order valence-corrected chi connectivity index (χ3v) is 7.65. The van der Waals surface area contributed by atoms with Crippen LogP contribution in [0, 0.1) is 29.1 Å². The average molecular weight is 461 g/mol. The smallest absolute Gasteiger partial charge is 0.416 e. The number of rotatable bonds is 3. The lowest BCUT2D eigenvalue weighted by Crippen LogP contribution is -2.30. The van der Waals surface area contributed by atoms with Crippen molar-refractivity contribution in [3.8, 4) is 11.3 Å². The van der Waals surface area contributed by atoms with Gasteiger partial charge in [-0.1, -0.05) is 23.8 Å². The van der Waals surface area contributed by atoms with Gasteiger partial charge in [-0.2, -0.15) is 23.3 Å². The Morgan fingerprint density at radius 3 is 2.31 bits per heavy atom. The van der Waals surface area contributed by atoms with Gasteiger partial charge in [0.25, 0.3) is 11.8 Å². The number of imide groups is 1. The highest BCUT2D eigenvalue weighted by Crippen LogP contribution is 2.73. The van der Waals surface area contributed by atoms with E-state index in [1.165, 1.54) is 18.3 Å². The van der Waals surface area contributed by atoms with Gasteiger partial charge in [-0.3, -0.25) is 9.59 Å². The van der Waals surface area contributed by atoms with Crippen LogP contribution in [0.2, 0.25) is 5.02 Å². The summed E-state index contributed by atoms with van der Waals surface area (Å²) in [5, 5.41) is 5.08. The van der Waals surface area contributed by atoms with Gasteiger partial charge in [0.1, 0.15) is 11.5 Å². The van der Waals surface area contributed by atoms with Crippen molar-refractivity contribution >= 4 is 29.6 Å². The Labute approximate surface area is 185 Å². The summed E-state index contributed by atoms with van der Waals surface area (Å²) in [7, 11) is 0. The molecule has 2 aromatic rings. The molecule has 4 aliphatic rings. The first-order valence-electron chi connectivity index (χ1n) is 10.3. The molecule has 5 nitrogen and oxygen atoms in total. The fraction of sp³-hybridized carbons (Fsp3) is 0.348. The molecule has 3 aliphatic carbocycles. The Bertz CT molecular complexity index is 1190. The molecule has 164 valence electrons. The molecule has 2 heterocycles. The van der Waals surface area contributed by atoms with Crippen LogP contribution in [0.4, 0.5) is 13.2 Å². The van der Waals surface area contributed by atoms with Crippen LogP contribution in [-0.4, -0.2) is 23.0 Å². The van der Waals surface area contributed by atoms with E-state index in [1.54, 1.807) is 0 Å². The summed E-state index contributed by atoms with van der Waals surface area (Å²) >= 11 is 6.06. The zero-order valence-corrected chi connectivity index (χ0v) is 17.2. The number of hydrogen-bond donors (Lipinski definition) is 0. The van der Waals surface area contributed by atoms with Crippen molar-refractivity contribution < 1.29 is 27.2 Å². The van der Waals surface area contributed by atoms with Crippen LogP contribution in [0.15, 0.2) is 52.0 Å². The quantitative estimate of drug-likeness (QED) is 0.361. The Balaban J connectivity index is 1.24. The molecular weight excluding hydrogens is 445 g/mol. The molecule has 1 aromatic heterocycles. The number of hydrazone groups is 1. The van der Waals surface area contributed by atoms with Crippen molar-refractivity contribution in [2.24, 2.45) is 34.2 Å². The molecule has 2 bridgehead atoms. The van der Waals surface area contributed by atoms with E-state index in [0.29, 0.717) is 0 Å². The van der Waals surface area contributed by atoms with Crippen LogP contribution in [-0.2, 0) is 15.8 Å². The molecule has 1 saturated heterocycles. The first-order chi connectivity index (χ1) is 15.2. The van der Waals surface area contributed by atoms with Gasteiger partial charge < -0.3 is 4.42 Å². The van der Waals surface area contributed by atoms with Crippen LogP contribution in [0.3, 0.4) is 0 Å². The fourth-order valence-electron chi connectivity index (χ4n) is 5.75. The molecule has 2 amide bonds. The van der Waals surface area contributed by atoms with Gasteiger partial charge in [-0.15, -0.1) is 0 Å². The van der Waals surface area contributed by atoms with Crippen LogP contribution in [0.5, 0.6) is 0 Å². The molecule has 4 atom stereocenters. The van der Waals surface area contributed by atoms with E-state index in [2.05, 4.69) is 17.3 Å². The summed E-state index contributed by atoms with van der Waals surface area (Å²) in [4.78, 5) is 25.9. The standard InChI is InChI=1S/C23H16ClF3N2O3/c24-16-5-1-11(23(25,26)27)9-13(16)17-6-2-12(32-17)10-28-29-20(30)18-14-3-4-15(19(18)21(29)31)22(14)7-8-22/h1-6,9-10,14-15,18-19H,7-8H2/b28-10-/t14-,15-,18-,19+/m1/s1. The van der Waals surface area contributed by atoms with E-state index >= 15 is 0 Å². The number of halogens is 4. The highest BCUT2D eigenvalue weighted by Gasteiger charge is 2.73. The molecule has 0 unspecified atom stereocenters. The molecule has 0 N–H and O–H groups in total. The number of benzene rings is 1. The Kier molecular flexibility index (Phi) is 3.92. The highest BCUT2D eigenvalue weighted by molar-refractivity contribution is 6.33. The topological polar surface area (TPSA) is 62.9 Å². The lowest BCUT2D eigenvalue weighted by molar-refractivity contribution is -0.141. The van der Waals surface area contributed by atoms with Gasteiger partial charge in [-0.05, 0) is 60.4 Å². The predicted molar refractivity (Wildman–Crippen MR) is 108 cm³/mol. The minimum absolute atomic E-state index is 0.0846. The summed E-state index contributed by atoms with van der Waals surface area (Å²) in [5.41, 5.74) is -0.655. The number of carbonyl (C=O) groups is 2. The number of hydrogen-bond acceptors (Lipinski definition) is 4. The van der Waals surface area contributed by atoms with Crippen LogP contribution < -0.4 is 0 Å². The normalized spacial score (nSPS) is 29.7. The Morgan fingerprint density at radius 1 is 1.06 bits per heavy atom. The zero-order valence-electron chi connectivity index (χ0n) is 16.5. The number of allylic oxidation sites excluding steroid dienone is 2. The lowest BCUT2D eigenvalue weighted by atomic mass is 9.85. The van der Waals surface area contributed by atoms with E-state index < -0.39 is 11.7 Å². The molecule has 1 aromatic carbocycles. The number of alkyl halides is 3. The fourth-order valence-corrected chi connectivity index (χ4v) is 5.96. The molecule has 1 aliphatic heterocycles. The third kappa shape index (κ3) is 2.62. The maximum atomic E-state index is 13.0. The van der Waals surface area contributed by atoms with Gasteiger partial charge in [0.05, 0.1) is 28.6 Å². The van der Waals surface area contributed by atoms with Crippen molar-refractivity contribution in [3.63, 3.8) is 0 Å². The largest absolute Gasteiger partial charge is 0.455 e. The van der Waals surface area contributed by atoms with Crippen LogP contribution >= 0.6 is 11.6 Å². The van der Waals surface area contributed by atoms with Crippen LogP contribution in [0.1, 0.15) is 24.2 Å². The maximum Gasteiger partial charge on any atom is 0.416 e. The Morgan fingerprint density at radius 2 is 1.72 bits per heavy atom. The van der Waals surface area contributed by atoms with Crippen molar-refractivity contribution in [2.45, 2.75) is 19.0 Å². The monoisotopic (exact) mass is 460 g/mol. The first kappa shape index (κ1) is 19.8. The van der Waals surface area contributed by atoms with E-state index in [0.717, 1.165) is 36.0 Å². The zero-order chi connectivity index (χ0) is 22.4. The van der Waals surface area contributed by atoms with E-state index in [4.69, 9.17) is 16.0 Å². The van der Waals surface area contributed by atoms with Crippen molar-refractivity contribution in [2.75, 3.05) is 0 Å². The van der Waals surface area contributed by atoms with Crippen LogP contribution in [0.25, 0.3) is 11.3 Å². The van der Waals surface area contributed by atoms with Crippen molar-refractivity contribution in [3.05, 3.63) is 58.8 Å². The Hall–Kier alpha value is -2.87. The highest BCUT2D eigenvalue weighted by atomic mass is 35.5. The van der Waals surface area contributed by atoms with Gasteiger partial charge >= 0.3 is 6.18 Å². The molecule has 6 rings (SSSR count). The molecule has 9 heteroatoms. The van der Waals surface area contributed by atoms with Crippen molar-refractivity contribution in [1.29, 1.82) is 0 Å². The molecule has 3 fully saturated rings. The van der Waals surface area contributed by atoms with E-state index in [1.807, 2.05) is 0 Å². The minimum Gasteiger partial charge on any atom is -0.455 e. The predicted octanol–water partition coefficient (Wildman–Crippen LogP) is 5.15. The van der Waals surface area contributed by atoms with E-state index in [9.17, 15) is 22.8 Å². The van der Waals surface area contributed by atoms with Gasteiger partial charge in [0.15, 0.2) is 0 Å². The molecule has 32 heavy (non-hydrogen) atoms. The summed E-state index contributed by atoms with van der Waals surface area (Å²) in [6.45, 7) is 0. The molecular formula is C23H16ClF3N2O3.